The number of carbonyl (C=O) groups is 1. The second-order valence-corrected chi connectivity index (χ2v) is 18.8. The van der Waals surface area contributed by atoms with Crippen LogP contribution in [-0.2, 0) is 20.8 Å². The number of aliphatic hydroxyl groups is 1. The fraction of sp³-hybridized carbons (Fsp3) is 0.917. The Bertz CT molecular complexity index is 1030. The second-order valence-electron chi connectivity index (χ2n) is 18.8. The molecule has 0 spiro atoms. The molecule has 7 heteroatoms. The molecule has 4 fully saturated rings. The van der Waals surface area contributed by atoms with Crippen LogP contribution in [0.5, 0.6) is 0 Å². The number of rotatable bonds is 36. The lowest BCUT2D eigenvalue weighted by Gasteiger charge is -2.56. The molecule has 318 valence electrons. The zero-order valence-electron chi connectivity index (χ0n) is 36.1. The van der Waals surface area contributed by atoms with Crippen molar-refractivity contribution >= 4 is 5.97 Å². The number of aryl methyl sites for hydroxylation is 1. The van der Waals surface area contributed by atoms with E-state index in [2.05, 4.69) is 34.5 Å². The van der Waals surface area contributed by atoms with Gasteiger partial charge in [-0.25, -0.2) is 4.98 Å². The molecule has 5 rings (SSSR count). The summed E-state index contributed by atoms with van der Waals surface area (Å²) in [6, 6.07) is 0. The van der Waals surface area contributed by atoms with Gasteiger partial charge in [0.15, 0.2) is 6.29 Å². The highest BCUT2D eigenvalue weighted by molar-refractivity contribution is 5.69. The predicted molar refractivity (Wildman–Crippen MR) is 228 cm³/mol. The molecule has 1 heterocycles. The Hall–Kier alpha value is -1.44. The molecule has 1 atom stereocenters. The van der Waals surface area contributed by atoms with Gasteiger partial charge in [-0.1, -0.05) is 117 Å². The maximum atomic E-state index is 12.5. The van der Waals surface area contributed by atoms with Crippen molar-refractivity contribution in [2.45, 2.75) is 219 Å². The fourth-order valence-corrected chi connectivity index (χ4v) is 10.9. The number of imidazole rings is 1. The number of carbonyl (C=O) groups excluding carboxylic acids is 1. The third-order valence-electron chi connectivity index (χ3n) is 13.7. The van der Waals surface area contributed by atoms with Gasteiger partial charge in [0, 0.05) is 25.4 Å². The minimum atomic E-state index is -0.578. The van der Waals surface area contributed by atoms with Gasteiger partial charge in [0.05, 0.1) is 19.5 Å². The molecular formula is C48H87N3O4. The molecule has 4 saturated carbocycles. The van der Waals surface area contributed by atoms with Crippen LogP contribution >= 0.6 is 0 Å². The summed E-state index contributed by atoms with van der Waals surface area (Å²) < 4.78 is 14.0. The summed E-state index contributed by atoms with van der Waals surface area (Å²) in [7, 11) is 0. The quantitative estimate of drug-likeness (QED) is 0.0416. The van der Waals surface area contributed by atoms with Crippen LogP contribution in [0.2, 0.25) is 0 Å². The second kappa shape index (κ2) is 28.1. The number of nitrogens with zero attached hydrogens (tertiary/aromatic N) is 3. The van der Waals surface area contributed by atoms with Gasteiger partial charge in [-0.2, -0.15) is 0 Å². The van der Waals surface area contributed by atoms with Gasteiger partial charge in [-0.05, 0) is 132 Å². The van der Waals surface area contributed by atoms with Crippen molar-refractivity contribution in [1.29, 1.82) is 0 Å². The number of aromatic nitrogens is 2. The van der Waals surface area contributed by atoms with Crippen molar-refractivity contribution < 1.29 is 19.4 Å². The van der Waals surface area contributed by atoms with Crippen molar-refractivity contribution in [2.24, 2.45) is 29.1 Å². The monoisotopic (exact) mass is 770 g/mol. The maximum absolute atomic E-state index is 12.5. The Kier molecular flexibility index (Phi) is 23.6. The third-order valence-corrected chi connectivity index (χ3v) is 13.7. The van der Waals surface area contributed by atoms with Crippen LogP contribution < -0.4 is 0 Å². The lowest BCUT2D eigenvalue weighted by molar-refractivity contribution is -0.165. The largest absolute Gasteiger partial charge is 0.466 e. The van der Waals surface area contributed by atoms with E-state index in [0.717, 1.165) is 88.4 Å². The topological polar surface area (TPSA) is 76.8 Å². The summed E-state index contributed by atoms with van der Waals surface area (Å²) in [4.78, 5) is 19.4. The van der Waals surface area contributed by atoms with Crippen molar-refractivity contribution in [2.75, 3.05) is 32.8 Å². The van der Waals surface area contributed by atoms with E-state index >= 15 is 0 Å². The van der Waals surface area contributed by atoms with Gasteiger partial charge >= 0.3 is 5.97 Å². The summed E-state index contributed by atoms with van der Waals surface area (Å²) in [5, 5.41) is 10.6. The van der Waals surface area contributed by atoms with Gasteiger partial charge in [0.25, 0.3) is 0 Å². The Morgan fingerprint density at radius 2 is 1.27 bits per heavy atom. The van der Waals surface area contributed by atoms with E-state index in [0.29, 0.717) is 18.4 Å². The molecule has 0 radical (unpaired) electrons. The van der Waals surface area contributed by atoms with Crippen molar-refractivity contribution in [1.82, 2.24) is 14.5 Å². The van der Waals surface area contributed by atoms with E-state index in [-0.39, 0.29) is 5.97 Å². The molecule has 1 unspecified atom stereocenters. The Morgan fingerprint density at radius 3 is 1.87 bits per heavy atom. The molecule has 4 bridgehead atoms. The summed E-state index contributed by atoms with van der Waals surface area (Å²) in [5.74, 6) is 3.55. The van der Waals surface area contributed by atoms with Gasteiger partial charge < -0.3 is 24.0 Å². The standard InChI is InChI=1S/C48H87N3O4/c1-3-5-7-15-22-42(23-16-8-6-4-2)26-33-54-46(52)24-17-11-9-13-19-28-50(30-21-31-51-32-27-49-41-51)29-20-14-10-12-18-25-47(53)55-40-48-37-43-34-44(38-48)36-45(35-43)39-48/h27,32,41-45,47,53H,3-26,28-31,33-40H2,1-2H3. The molecular weight excluding hydrogens is 683 g/mol. The molecule has 7 nitrogen and oxygen atoms in total. The first-order chi connectivity index (χ1) is 27.0. The molecule has 0 amide bonds. The Balaban J connectivity index is 0.999. The Morgan fingerprint density at radius 1 is 0.727 bits per heavy atom. The molecule has 4 aliphatic rings. The number of esters is 1. The average Bonchev–Trinajstić information content (AvgIpc) is 3.69. The minimum absolute atomic E-state index is 0.0109. The zero-order chi connectivity index (χ0) is 38.8. The number of hydrogen-bond donors (Lipinski definition) is 1. The number of hydrogen-bond acceptors (Lipinski definition) is 6. The van der Waals surface area contributed by atoms with Crippen LogP contribution in [-0.4, -0.2) is 64.7 Å². The van der Waals surface area contributed by atoms with Gasteiger partial charge in [0.1, 0.15) is 0 Å². The van der Waals surface area contributed by atoms with Crippen LogP contribution in [0.15, 0.2) is 18.7 Å². The summed E-state index contributed by atoms with van der Waals surface area (Å²) in [5.41, 5.74) is 0.389. The first kappa shape index (κ1) is 46.3. The van der Waals surface area contributed by atoms with Crippen molar-refractivity contribution in [3.8, 4) is 0 Å². The van der Waals surface area contributed by atoms with E-state index in [4.69, 9.17) is 9.47 Å². The summed E-state index contributed by atoms with van der Waals surface area (Å²) >= 11 is 0. The van der Waals surface area contributed by atoms with E-state index in [1.54, 1.807) is 0 Å². The van der Waals surface area contributed by atoms with Gasteiger partial charge in [-0.3, -0.25) is 4.79 Å². The molecule has 1 aromatic rings. The van der Waals surface area contributed by atoms with Crippen LogP contribution in [0.1, 0.15) is 206 Å². The van der Waals surface area contributed by atoms with Crippen molar-refractivity contribution in [3.05, 3.63) is 18.7 Å². The predicted octanol–water partition coefficient (Wildman–Crippen LogP) is 12.3. The lowest BCUT2D eigenvalue weighted by Crippen LogP contribution is -2.48. The fourth-order valence-electron chi connectivity index (χ4n) is 10.9. The van der Waals surface area contributed by atoms with E-state index < -0.39 is 6.29 Å². The Labute approximate surface area is 338 Å². The van der Waals surface area contributed by atoms with E-state index in [1.807, 2.05) is 12.5 Å². The summed E-state index contributed by atoms with van der Waals surface area (Å²) in [6.45, 7) is 10.5. The first-order valence-corrected chi connectivity index (χ1v) is 24.1. The van der Waals surface area contributed by atoms with E-state index in [1.165, 1.54) is 154 Å². The van der Waals surface area contributed by atoms with Gasteiger partial charge in [-0.15, -0.1) is 0 Å². The first-order valence-electron chi connectivity index (χ1n) is 24.1. The maximum Gasteiger partial charge on any atom is 0.305 e. The van der Waals surface area contributed by atoms with Crippen LogP contribution in [0.4, 0.5) is 0 Å². The third kappa shape index (κ3) is 19.7. The molecule has 4 aliphatic carbocycles. The molecule has 0 aromatic carbocycles. The highest BCUT2D eigenvalue weighted by Crippen LogP contribution is 2.60. The minimum Gasteiger partial charge on any atom is -0.466 e. The van der Waals surface area contributed by atoms with Crippen molar-refractivity contribution in [3.63, 3.8) is 0 Å². The van der Waals surface area contributed by atoms with Crippen LogP contribution in [0, 0.1) is 29.1 Å². The van der Waals surface area contributed by atoms with Gasteiger partial charge in [0.2, 0.25) is 0 Å². The van der Waals surface area contributed by atoms with E-state index in [9.17, 15) is 9.90 Å². The molecule has 0 aliphatic heterocycles. The summed E-state index contributed by atoms with van der Waals surface area (Å²) in [6.07, 6.45) is 42.2. The lowest BCUT2D eigenvalue weighted by atomic mass is 9.50. The molecule has 0 saturated heterocycles. The zero-order valence-corrected chi connectivity index (χ0v) is 36.1. The molecule has 1 N–H and O–H groups in total. The number of unbranched alkanes of at least 4 members (excludes halogenated alkanes) is 14. The number of aliphatic hydroxyl groups excluding tert-OH is 1. The normalized spacial score (nSPS) is 22.3. The highest BCUT2D eigenvalue weighted by atomic mass is 16.6. The smallest absolute Gasteiger partial charge is 0.305 e. The SMILES string of the molecule is CCCCCCC(CCCCCC)CCOC(=O)CCCCCCCN(CCCCCCCC(O)OCC12CC3CC(CC(C3)C1)C2)CCCn1ccnc1. The highest BCUT2D eigenvalue weighted by Gasteiger charge is 2.51. The average molecular weight is 770 g/mol. The van der Waals surface area contributed by atoms with Crippen LogP contribution in [0.25, 0.3) is 0 Å². The van der Waals surface area contributed by atoms with Crippen LogP contribution in [0.3, 0.4) is 0 Å². The molecule has 55 heavy (non-hydrogen) atoms. The molecule has 1 aromatic heterocycles. The number of ether oxygens (including phenoxy) is 2.